The first-order valence-electron chi connectivity index (χ1n) is 8.55. The summed E-state index contributed by atoms with van der Waals surface area (Å²) in [5.41, 5.74) is 6.29. The smallest absolute Gasteiger partial charge is 0.301 e. The number of hydrogen-bond donors (Lipinski definition) is 3. The second-order valence-electron chi connectivity index (χ2n) is 6.34. The number of nitrogens with one attached hydrogen (secondary N) is 3. The number of hydrazine groups is 1. The lowest BCUT2D eigenvalue weighted by atomic mass is 10.1. The van der Waals surface area contributed by atoms with Gasteiger partial charge in [-0.05, 0) is 24.4 Å². The van der Waals surface area contributed by atoms with Gasteiger partial charge in [0.15, 0.2) is 5.11 Å². The van der Waals surface area contributed by atoms with E-state index in [1.807, 2.05) is 0 Å². The number of aromatic nitrogens is 2. The van der Waals surface area contributed by atoms with Crippen LogP contribution < -0.4 is 16.2 Å². The normalized spacial score (nSPS) is 15.4. The molecule has 0 aliphatic carbocycles. The number of hydrogen-bond acceptors (Lipinski definition) is 7. The summed E-state index contributed by atoms with van der Waals surface area (Å²) < 4.78 is 1.26. The molecule has 11 nitrogen and oxygen atoms in total. The zero-order valence-electron chi connectivity index (χ0n) is 15.2. The van der Waals surface area contributed by atoms with Gasteiger partial charge in [-0.3, -0.25) is 25.7 Å². The molecule has 158 valence electrons. The van der Waals surface area contributed by atoms with Gasteiger partial charge < -0.3 is 5.32 Å². The Morgan fingerprint density at radius 3 is 2.55 bits per heavy atom. The Kier molecular flexibility index (Phi) is 5.45. The van der Waals surface area contributed by atoms with Crippen molar-refractivity contribution in [2.75, 3.05) is 0 Å². The van der Waals surface area contributed by atoms with Crippen LogP contribution in [0.4, 0.5) is 11.4 Å². The number of non-ortho nitro benzene ring substituents is 1. The predicted molar refractivity (Wildman–Crippen MR) is 117 cm³/mol. The molecule has 1 fully saturated rings. The molecule has 1 aliphatic heterocycles. The van der Waals surface area contributed by atoms with Crippen LogP contribution in [0.2, 0.25) is 10.0 Å². The minimum Gasteiger partial charge on any atom is -0.341 e. The lowest BCUT2D eigenvalue weighted by molar-refractivity contribution is -0.394. The van der Waals surface area contributed by atoms with Gasteiger partial charge in [0.05, 0.1) is 26.0 Å². The number of thiocarbonyl (C=S) groups is 1. The van der Waals surface area contributed by atoms with Gasteiger partial charge in [0, 0.05) is 23.4 Å². The minimum atomic E-state index is -0.710. The molecule has 4 rings (SSSR count). The topological polar surface area (TPSA) is 140 Å². The zero-order chi connectivity index (χ0) is 22.3. The van der Waals surface area contributed by atoms with Gasteiger partial charge in [-0.1, -0.05) is 35.3 Å². The molecule has 2 aromatic carbocycles. The van der Waals surface area contributed by atoms with Crippen molar-refractivity contribution >= 4 is 51.9 Å². The number of benzene rings is 2. The third kappa shape index (κ3) is 3.88. The molecule has 2 heterocycles. The van der Waals surface area contributed by atoms with Gasteiger partial charge in [0.2, 0.25) is 0 Å². The van der Waals surface area contributed by atoms with E-state index in [4.69, 9.17) is 35.4 Å². The lowest BCUT2D eigenvalue weighted by Gasteiger charge is -2.11. The monoisotopic (exact) mass is 479 g/mol. The third-order valence-corrected chi connectivity index (χ3v) is 5.52. The highest BCUT2D eigenvalue weighted by atomic mass is 35.5. The molecule has 1 unspecified atom stereocenters. The van der Waals surface area contributed by atoms with E-state index >= 15 is 0 Å². The van der Waals surface area contributed by atoms with Crippen molar-refractivity contribution in [2.45, 2.75) is 6.17 Å². The molecule has 0 bridgehead atoms. The van der Waals surface area contributed by atoms with Gasteiger partial charge in [0.25, 0.3) is 5.69 Å². The second kappa shape index (κ2) is 8.07. The fourth-order valence-electron chi connectivity index (χ4n) is 3.08. The number of nitro groups is 2. The molecule has 3 N–H and O–H groups in total. The summed E-state index contributed by atoms with van der Waals surface area (Å²) in [6, 6.07) is 8.32. The number of nitro benzene ring substituents is 2. The molecule has 0 radical (unpaired) electrons. The summed E-state index contributed by atoms with van der Waals surface area (Å²) in [5.74, 6) is 0. The van der Waals surface area contributed by atoms with Crippen LogP contribution in [0.5, 0.6) is 0 Å². The quantitative estimate of drug-likeness (QED) is 0.284. The fourth-order valence-corrected chi connectivity index (χ4v) is 3.65. The average molecular weight is 480 g/mol. The first-order chi connectivity index (χ1) is 14.8. The second-order valence-corrected chi connectivity index (χ2v) is 7.54. The Hall–Kier alpha value is -3.32. The van der Waals surface area contributed by atoms with Crippen molar-refractivity contribution in [3.63, 3.8) is 0 Å². The maximum Gasteiger partial charge on any atom is 0.301 e. The van der Waals surface area contributed by atoms with Crippen molar-refractivity contribution in [3.05, 3.63) is 78.4 Å². The Bertz CT molecular complexity index is 1250. The molecule has 14 heteroatoms. The third-order valence-electron chi connectivity index (χ3n) is 4.48. The molecular weight excluding hydrogens is 469 g/mol. The predicted octanol–water partition coefficient (Wildman–Crippen LogP) is 3.64. The molecule has 1 aliphatic rings. The summed E-state index contributed by atoms with van der Waals surface area (Å²) in [6.45, 7) is 0. The summed E-state index contributed by atoms with van der Waals surface area (Å²) in [7, 11) is 0. The Balaban J connectivity index is 1.92. The molecule has 0 amide bonds. The fraction of sp³-hybridized carbons (Fsp3) is 0.0588. The molecule has 0 spiro atoms. The highest BCUT2D eigenvalue weighted by Gasteiger charge is 2.28. The minimum absolute atomic E-state index is 0.0368. The summed E-state index contributed by atoms with van der Waals surface area (Å²) in [5, 5.41) is 31.0. The van der Waals surface area contributed by atoms with Gasteiger partial charge in [-0.15, -0.1) is 0 Å². The summed E-state index contributed by atoms with van der Waals surface area (Å²) in [6.07, 6.45) is 1.02. The standard InChI is InChI=1S/C17H11Cl2N7O4S/c18-11-3-1-2-9(14(11)19)15-10(16-20-17(31)22-21-16)7-24(23-15)12-5-4-8(25(27)28)6-13(12)26(29)30/h1-7,16,21H,(H2,20,22,31). The molecule has 1 aromatic heterocycles. The van der Waals surface area contributed by atoms with E-state index < -0.39 is 27.4 Å². The van der Waals surface area contributed by atoms with E-state index in [-0.39, 0.29) is 10.7 Å². The molecule has 1 atom stereocenters. The summed E-state index contributed by atoms with van der Waals surface area (Å²) in [4.78, 5) is 21.2. The van der Waals surface area contributed by atoms with Crippen LogP contribution >= 0.6 is 35.4 Å². The van der Waals surface area contributed by atoms with Crippen LogP contribution in [0.3, 0.4) is 0 Å². The highest BCUT2D eigenvalue weighted by molar-refractivity contribution is 7.80. The lowest BCUT2D eigenvalue weighted by Crippen LogP contribution is -2.26. The van der Waals surface area contributed by atoms with Crippen molar-refractivity contribution in [1.82, 2.24) is 25.9 Å². The Labute approximate surface area is 189 Å². The van der Waals surface area contributed by atoms with Crippen molar-refractivity contribution in [1.29, 1.82) is 0 Å². The van der Waals surface area contributed by atoms with Gasteiger partial charge in [0.1, 0.15) is 17.5 Å². The van der Waals surface area contributed by atoms with Crippen LogP contribution in [-0.4, -0.2) is 24.7 Å². The van der Waals surface area contributed by atoms with E-state index in [1.54, 1.807) is 24.4 Å². The van der Waals surface area contributed by atoms with Crippen molar-refractivity contribution < 1.29 is 9.85 Å². The highest BCUT2D eigenvalue weighted by Crippen LogP contribution is 2.37. The van der Waals surface area contributed by atoms with E-state index in [2.05, 4.69) is 21.3 Å². The zero-order valence-corrected chi connectivity index (χ0v) is 17.5. The molecule has 0 saturated carbocycles. The van der Waals surface area contributed by atoms with Crippen LogP contribution in [0.1, 0.15) is 11.7 Å². The van der Waals surface area contributed by atoms with Crippen LogP contribution in [-0.2, 0) is 0 Å². The van der Waals surface area contributed by atoms with E-state index in [9.17, 15) is 20.2 Å². The Morgan fingerprint density at radius 1 is 1.13 bits per heavy atom. The van der Waals surface area contributed by atoms with Crippen molar-refractivity contribution in [2.24, 2.45) is 0 Å². The molecule has 31 heavy (non-hydrogen) atoms. The maximum absolute atomic E-state index is 11.6. The van der Waals surface area contributed by atoms with Crippen LogP contribution in [0.25, 0.3) is 16.9 Å². The van der Waals surface area contributed by atoms with Crippen molar-refractivity contribution in [3.8, 4) is 16.9 Å². The first-order valence-corrected chi connectivity index (χ1v) is 9.72. The summed E-state index contributed by atoms with van der Waals surface area (Å²) >= 11 is 17.6. The van der Waals surface area contributed by atoms with Gasteiger partial charge >= 0.3 is 5.69 Å². The average Bonchev–Trinajstić information content (AvgIpc) is 3.35. The first kappa shape index (κ1) is 20.9. The van der Waals surface area contributed by atoms with E-state index in [0.717, 1.165) is 6.07 Å². The van der Waals surface area contributed by atoms with E-state index in [0.29, 0.717) is 27.0 Å². The molecule has 1 saturated heterocycles. The largest absolute Gasteiger partial charge is 0.341 e. The molecular formula is C17H11Cl2N7O4S. The number of rotatable bonds is 5. The Morgan fingerprint density at radius 2 is 1.90 bits per heavy atom. The maximum atomic E-state index is 11.6. The van der Waals surface area contributed by atoms with Crippen LogP contribution in [0, 0.1) is 20.2 Å². The van der Waals surface area contributed by atoms with Gasteiger partial charge in [-0.2, -0.15) is 5.10 Å². The molecule has 3 aromatic rings. The van der Waals surface area contributed by atoms with Crippen LogP contribution in [0.15, 0.2) is 42.6 Å². The number of nitrogens with zero attached hydrogens (tertiary/aromatic N) is 4. The van der Waals surface area contributed by atoms with Gasteiger partial charge in [-0.25, -0.2) is 10.1 Å². The number of halogens is 2. The van der Waals surface area contributed by atoms with E-state index in [1.165, 1.54) is 16.8 Å². The SMILES string of the molecule is O=[N+]([O-])c1ccc(-n2cc(C3NNC(=S)N3)c(-c3cccc(Cl)c3Cl)n2)c([N+](=O)[O-])c1.